The predicted molar refractivity (Wildman–Crippen MR) is 103 cm³/mol. The van der Waals surface area contributed by atoms with E-state index in [0.717, 1.165) is 30.9 Å². The van der Waals surface area contributed by atoms with Gasteiger partial charge in [0.2, 0.25) is 0 Å². The topological polar surface area (TPSA) is 0 Å². The zero-order valence-corrected chi connectivity index (χ0v) is 16.2. The summed E-state index contributed by atoms with van der Waals surface area (Å²) in [6.07, 6.45) is 10.2. The largest absolute Gasteiger partial charge is 0.206 e. The molecule has 27 heavy (non-hydrogen) atoms. The molecule has 0 saturated heterocycles. The smallest absolute Gasteiger partial charge is 0.169 e. The maximum absolute atomic E-state index is 14.4. The highest BCUT2D eigenvalue weighted by atomic mass is 19.2. The maximum atomic E-state index is 14.4. The Kier molecular flexibility index (Phi) is 8.33. The molecule has 0 heterocycles. The van der Waals surface area contributed by atoms with Crippen LogP contribution in [0.4, 0.5) is 17.6 Å². The van der Waals surface area contributed by atoms with Crippen LogP contribution in [0.2, 0.25) is 0 Å². The summed E-state index contributed by atoms with van der Waals surface area (Å²) in [6, 6.07) is 5.19. The number of unbranched alkanes of at least 4 members (excludes halogenated alkanes) is 7. The fourth-order valence-corrected chi connectivity index (χ4v) is 3.34. The SMILES string of the molecule is CCCCCCCCCCc1ccc(-c2c(F)cc(C)c(F)c2F)c(F)c1. The number of halogens is 4. The first-order chi connectivity index (χ1) is 13.0. The van der Waals surface area contributed by atoms with Crippen molar-refractivity contribution in [2.75, 3.05) is 0 Å². The van der Waals surface area contributed by atoms with Crippen molar-refractivity contribution in [2.45, 2.75) is 71.6 Å². The van der Waals surface area contributed by atoms with Gasteiger partial charge in [0.25, 0.3) is 0 Å². The van der Waals surface area contributed by atoms with Crippen LogP contribution in [0.5, 0.6) is 0 Å². The summed E-state index contributed by atoms with van der Waals surface area (Å²) in [5.41, 5.74) is -0.242. The summed E-state index contributed by atoms with van der Waals surface area (Å²) in [5, 5.41) is 0. The Morgan fingerprint density at radius 1 is 0.704 bits per heavy atom. The number of hydrogen-bond acceptors (Lipinski definition) is 0. The Morgan fingerprint density at radius 2 is 1.33 bits per heavy atom. The second-order valence-electron chi connectivity index (χ2n) is 7.22. The van der Waals surface area contributed by atoms with Crippen LogP contribution in [0.25, 0.3) is 11.1 Å². The van der Waals surface area contributed by atoms with Crippen LogP contribution in [-0.4, -0.2) is 0 Å². The molecule has 0 fully saturated rings. The van der Waals surface area contributed by atoms with E-state index in [1.807, 2.05) is 0 Å². The average molecular weight is 380 g/mol. The molecule has 0 nitrogen and oxygen atoms in total. The van der Waals surface area contributed by atoms with Crippen LogP contribution in [-0.2, 0) is 6.42 Å². The molecule has 2 aromatic rings. The first-order valence-corrected chi connectivity index (χ1v) is 9.88. The van der Waals surface area contributed by atoms with Crippen molar-refractivity contribution in [3.8, 4) is 11.1 Å². The van der Waals surface area contributed by atoms with Gasteiger partial charge in [-0.2, -0.15) is 0 Å². The normalized spacial score (nSPS) is 11.2. The lowest BCUT2D eigenvalue weighted by Gasteiger charge is -2.11. The van der Waals surface area contributed by atoms with Crippen LogP contribution in [0.15, 0.2) is 24.3 Å². The molecule has 2 aromatic carbocycles. The summed E-state index contributed by atoms with van der Waals surface area (Å²) in [6.45, 7) is 3.47. The molecule has 0 spiro atoms. The van der Waals surface area contributed by atoms with Gasteiger partial charge < -0.3 is 0 Å². The summed E-state index contributed by atoms with van der Waals surface area (Å²) >= 11 is 0. The third-order valence-corrected chi connectivity index (χ3v) is 4.96. The Hall–Kier alpha value is -1.84. The number of rotatable bonds is 10. The molecule has 0 aromatic heterocycles. The number of aryl methyl sites for hydroxylation is 2. The highest BCUT2D eigenvalue weighted by Crippen LogP contribution is 2.32. The molecular formula is C23H28F4. The fraction of sp³-hybridized carbons (Fsp3) is 0.478. The van der Waals surface area contributed by atoms with E-state index in [2.05, 4.69) is 6.92 Å². The molecule has 0 saturated carbocycles. The molecule has 0 aliphatic heterocycles. The molecule has 148 valence electrons. The minimum absolute atomic E-state index is 0.138. The van der Waals surface area contributed by atoms with Gasteiger partial charge in [-0.25, -0.2) is 17.6 Å². The molecule has 0 unspecified atom stereocenters. The molecule has 0 aliphatic carbocycles. The van der Waals surface area contributed by atoms with Crippen molar-refractivity contribution in [2.24, 2.45) is 0 Å². The standard InChI is InChI=1S/C23H28F4/c1-3-4-5-6-7-8-9-10-11-17-12-13-18(19(24)15-17)21-20(25)14-16(2)22(26)23(21)27/h12-15H,3-11H2,1-2H3. The summed E-state index contributed by atoms with van der Waals surface area (Å²) in [5.74, 6) is -4.18. The van der Waals surface area contributed by atoms with E-state index in [-0.39, 0.29) is 11.1 Å². The molecule has 0 aliphatic rings. The van der Waals surface area contributed by atoms with Crippen molar-refractivity contribution < 1.29 is 17.6 Å². The van der Waals surface area contributed by atoms with Gasteiger partial charge in [0, 0.05) is 5.56 Å². The minimum Gasteiger partial charge on any atom is -0.206 e. The first kappa shape index (κ1) is 21.5. The van der Waals surface area contributed by atoms with Gasteiger partial charge in [0.1, 0.15) is 11.6 Å². The monoisotopic (exact) mass is 380 g/mol. The van der Waals surface area contributed by atoms with E-state index in [1.165, 1.54) is 57.6 Å². The van der Waals surface area contributed by atoms with E-state index < -0.39 is 28.8 Å². The van der Waals surface area contributed by atoms with E-state index >= 15 is 0 Å². The van der Waals surface area contributed by atoms with Gasteiger partial charge in [-0.05, 0) is 43.0 Å². The van der Waals surface area contributed by atoms with Crippen molar-refractivity contribution in [1.29, 1.82) is 0 Å². The Morgan fingerprint density at radius 3 is 1.96 bits per heavy atom. The lowest BCUT2D eigenvalue weighted by atomic mass is 9.98. The number of benzene rings is 2. The molecule has 0 bridgehead atoms. The highest BCUT2D eigenvalue weighted by Gasteiger charge is 2.20. The van der Waals surface area contributed by atoms with Crippen molar-refractivity contribution in [3.63, 3.8) is 0 Å². The van der Waals surface area contributed by atoms with Gasteiger partial charge in [-0.1, -0.05) is 64.0 Å². The number of hydrogen-bond donors (Lipinski definition) is 0. The van der Waals surface area contributed by atoms with Gasteiger partial charge in [-0.15, -0.1) is 0 Å². The Labute approximate surface area is 159 Å². The average Bonchev–Trinajstić information content (AvgIpc) is 2.63. The molecule has 0 radical (unpaired) electrons. The van der Waals surface area contributed by atoms with E-state index in [1.54, 1.807) is 6.07 Å². The van der Waals surface area contributed by atoms with Crippen molar-refractivity contribution in [1.82, 2.24) is 0 Å². The second kappa shape index (κ2) is 10.5. The lowest BCUT2D eigenvalue weighted by Crippen LogP contribution is -2.00. The quantitative estimate of drug-likeness (QED) is 0.223. The molecule has 0 atom stereocenters. The Bertz CT molecular complexity index is 753. The minimum atomic E-state index is -1.35. The maximum Gasteiger partial charge on any atom is 0.169 e. The molecule has 0 N–H and O–H groups in total. The van der Waals surface area contributed by atoms with Crippen LogP contribution in [0.3, 0.4) is 0 Å². The van der Waals surface area contributed by atoms with Gasteiger partial charge in [-0.3, -0.25) is 0 Å². The van der Waals surface area contributed by atoms with Crippen molar-refractivity contribution in [3.05, 3.63) is 58.7 Å². The van der Waals surface area contributed by atoms with Crippen LogP contribution in [0.1, 0.15) is 69.4 Å². The van der Waals surface area contributed by atoms with E-state index in [4.69, 9.17) is 0 Å². The van der Waals surface area contributed by atoms with Crippen molar-refractivity contribution >= 4 is 0 Å². The summed E-state index contributed by atoms with van der Waals surface area (Å²) in [7, 11) is 0. The zero-order valence-electron chi connectivity index (χ0n) is 16.2. The van der Waals surface area contributed by atoms with Gasteiger partial charge >= 0.3 is 0 Å². The molecule has 0 amide bonds. The first-order valence-electron chi connectivity index (χ1n) is 9.88. The molecular weight excluding hydrogens is 352 g/mol. The zero-order chi connectivity index (χ0) is 19.8. The van der Waals surface area contributed by atoms with Crippen LogP contribution < -0.4 is 0 Å². The Balaban J connectivity index is 1.96. The van der Waals surface area contributed by atoms with Crippen LogP contribution >= 0.6 is 0 Å². The van der Waals surface area contributed by atoms with E-state index in [9.17, 15) is 17.6 Å². The highest BCUT2D eigenvalue weighted by molar-refractivity contribution is 5.66. The second-order valence-corrected chi connectivity index (χ2v) is 7.22. The molecule has 4 heteroatoms. The molecule has 2 rings (SSSR count). The van der Waals surface area contributed by atoms with Gasteiger partial charge in [0.05, 0.1) is 5.56 Å². The lowest BCUT2D eigenvalue weighted by molar-refractivity contribution is 0.492. The third-order valence-electron chi connectivity index (χ3n) is 4.96. The third kappa shape index (κ3) is 5.82. The fourth-order valence-electron chi connectivity index (χ4n) is 3.34. The van der Waals surface area contributed by atoms with Gasteiger partial charge in [0.15, 0.2) is 11.6 Å². The summed E-state index contributed by atoms with van der Waals surface area (Å²) in [4.78, 5) is 0. The summed E-state index contributed by atoms with van der Waals surface area (Å²) < 4.78 is 56.4. The van der Waals surface area contributed by atoms with E-state index in [0.29, 0.717) is 0 Å². The van der Waals surface area contributed by atoms with Crippen LogP contribution in [0, 0.1) is 30.2 Å². The predicted octanol–water partition coefficient (Wildman–Crippen LogP) is 7.90.